The molecule has 4 N–H and O–H groups in total. The number of carbonyl (C=O) groups excluding carboxylic acids is 2. The normalized spacial score (nSPS) is 11.6. The summed E-state index contributed by atoms with van der Waals surface area (Å²) in [4.78, 5) is 34.1. The van der Waals surface area contributed by atoms with Gasteiger partial charge in [-0.3, -0.25) is 4.79 Å². The molecular weight excluding hydrogens is 293 g/mol. The Hall–Kier alpha value is -2.64. The van der Waals surface area contributed by atoms with Crippen LogP contribution in [0.5, 0.6) is 0 Å². The summed E-state index contributed by atoms with van der Waals surface area (Å²) in [6, 6.07) is 3.80. The van der Waals surface area contributed by atoms with Crippen molar-refractivity contribution in [3.8, 4) is 0 Å². The zero-order valence-electron chi connectivity index (χ0n) is 12.2. The van der Waals surface area contributed by atoms with Crippen LogP contribution in [0.15, 0.2) is 24.3 Å². The smallest absolute Gasteiger partial charge is 0.328 e. The zero-order chi connectivity index (χ0) is 16.7. The number of carbonyl (C=O) groups is 3. The molecule has 7 nitrogen and oxygen atoms in total. The molecule has 1 atom stereocenters. The SMILES string of the molecule is CC(C)NC(=O)Nc1cccc(C(=O)NC(CF)C(=O)O)c1. The molecule has 1 aromatic rings. The Balaban J connectivity index is 2.76. The number of hydrogen-bond acceptors (Lipinski definition) is 3. The van der Waals surface area contributed by atoms with E-state index >= 15 is 0 Å². The number of urea groups is 1. The standard InChI is InChI=1S/C14H18FN3O4/c1-8(2)16-14(22)17-10-5-3-4-9(6-10)12(19)18-11(7-15)13(20)21/h3-6,8,11H,7H2,1-2H3,(H,18,19)(H,20,21)(H2,16,17,22). The minimum Gasteiger partial charge on any atom is -0.480 e. The van der Waals surface area contributed by atoms with Gasteiger partial charge in [-0.2, -0.15) is 0 Å². The van der Waals surface area contributed by atoms with E-state index in [2.05, 4.69) is 16.0 Å². The monoisotopic (exact) mass is 311 g/mol. The molecule has 1 rings (SSSR count). The largest absolute Gasteiger partial charge is 0.480 e. The first-order valence-electron chi connectivity index (χ1n) is 6.60. The van der Waals surface area contributed by atoms with E-state index in [1.54, 1.807) is 19.9 Å². The van der Waals surface area contributed by atoms with Crippen LogP contribution in [-0.2, 0) is 4.79 Å². The Morgan fingerprint density at radius 3 is 2.45 bits per heavy atom. The van der Waals surface area contributed by atoms with Crippen molar-refractivity contribution in [3.05, 3.63) is 29.8 Å². The second-order valence-electron chi connectivity index (χ2n) is 4.85. The average Bonchev–Trinajstić information content (AvgIpc) is 2.43. The van der Waals surface area contributed by atoms with Crippen molar-refractivity contribution >= 4 is 23.6 Å². The number of aliphatic carboxylic acids is 1. The third-order valence-electron chi connectivity index (χ3n) is 2.56. The number of nitrogens with one attached hydrogen (secondary N) is 3. The van der Waals surface area contributed by atoms with Crippen LogP contribution >= 0.6 is 0 Å². The maximum atomic E-state index is 12.5. The quantitative estimate of drug-likeness (QED) is 0.636. The average molecular weight is 311 g/mol. The summed E-state index contributed by atoms with van der Waals surface area (Å²) in [6.07, 6.45) is 0. The fraction of sp³-hybridized carbons (Fsp3) is 0.357. The topological polar surface area (TPSA) is 108 Å². The predicted molar refractivity (Wildman–Crippen MR) is 78.6 cm³/mol. The van der Waals surface area contributed by atoms with E-state index in [1.807, 2.05) is 0 Å². The van der Waals surface area contributed by atoms with E-state index in [9.17, 15) is 18.8 Å². The lowest BCUT2D eigenvalue weighted by Crippen LogP contribution is -2.42. The number of amides is 3. The van der Waals surface area contributed by atoms with Gasteiger partial charge in [-0.15, -0.1) is 0 Å². The minimum absolute atomic E-state index is 0.0487. The summed E-state index contributed by atoms with van der Waals surface area (Å²) in [5.74, 6) is -2.19. The van der Waals surface area contributed by atoms with E-state index < -0.39 is 30.6 Å². The van der Waals surface area contributed by atoms with Gasteiger partial charge in [0.25, 0.3) is 5.91 Å². The molecule has 1 unspecified atom stereocenters. The van der Waals surface area contributed by atoms with Crippen molar-refractivity contribution in [2.45, 2.75) is 25.9 Å². The third-order valence-corrected chi connectivity index (χ3v) is 2.56. The Bertz CT molecular complexity index is 563. The molecule has 1 aromatic carbocycles. The van der Waals surface area contributed by atoms with E-state index in [1.165, 1.54) is 18.2 Å². The highest BCUT2D eigenvalue weighted by Crippen LogP contribution is 2.11. The van der Waals surface area contributed by atoms with Gasteiger partial charge >= 0.3 is 12.0 Å². The van der Waals surface area contributed by atoms with Crippen LogP contribution in [0.1, 0.15) is 24.2 Å². The molecule has 0 fully saturated rings. The maximum absolute atomic E-state index is 12.5. The van der Waals surface area contributed by atoms with Gasteiger partial charge in [-0.1, -0.05) is 6.07 Å². The summed E-state index contributed by atoms with van der Waals surface area (Å²) >= 11 is 0. The number of carboxylic acid groups (broad SMARTS) is 1. The highest BCUT2D eigenvalue weighted by atomic mass is 19.1. The molecule has 0 saturated carbocycles. The van der Waals surface area contributed by atoms with Crippen molar-refractivity contribution in [3.63, 3.8) is 0 Å². The second kappa shape index (κ2) is 7.96. The lowest BCUT2D eigenvalue weighted by atomic mass is 10.1. The van der Waals surface area contributed by atoms with Crippen LogP contribution in [0.4, 0.5) is 14.9 Å². The predicted octanol–water partition coefficient (Wildman–Crippen LogP) is 1.37. The third kappa shape index (κ3) is 5.39. The Morgan fingerprint density at radius 2 is 1.91 bits per heavy atom. The van der Waals surface area contributed by atoms with Gasteiger partial charge in [0.2, 0.25) is 0 Å². The lowest BCUT2D eigenvalue weighted by molar-refractivity contribution is -0.139. The van der Waals surface area contributed by atoms with Gasteiger partial charge in [0, 0.05) is 17.3 Å². The van der Waals surface area contributed by atoms with Crippen molar-refractivity contribution in [2.24, 2.45) is 0 Å². The fourth-order valence-corrected chi connectivity index (χ4v) is 1.58. The van der Waals surface area contributed by atoms with Crippen LogP contribution in [-0.4, -0.2) is 41.8 Å². The first-order valence-corrected chi connectivity index (χ1v) is 6.60. The van der Waals surface area contributed by atoms with Crippen molar-refractivity contribution in [1.29, 1.82) is 0 Å². The summed E-state index contributed by atoms with van der Waals surface area (Å²) < 4.78 is 12.5. The van der Waals surface area contributed by atoms with E-state index in [4.69, 9.17) is 5.11 Å². The molecule has 3 amide bonds. The van der Waals surface area contributed by atoms with E-state index in [-0.39, 0.29) is 11.6 Å². The molecular formula is C14H18FN3O4. The number of carboxylic acids is 1. The highest BCUT2D eigenvalue weighted by Gasteiger charge is 2.20. The van der Waals surface area contributed by atoms with Crippen molar-refractivity contribution < 1.29 is 23.9 Å². The molecule has 22 heavy (non-hydrogen) atoms. The first kappa shape index (κ1) is 17.4. The number of benzene rings is 1. The van der Waals surface area contributed by atoms with Gasteiger partial charge in [0.15, 0.2) is 6.04 Å². The molecule has 0 aliphatic heterocycles. The molecule has 0 aliphatic rings. The van der Waals surface area contributed by atoms with Gasteiger partial charge in [-0.25, -0.2) is 14.0 Å². The van der Waals surface area contributed by atoms with Crippen molar-refractivity contribution in [2.75, 3.05) is 12.0 Å². The fourth-order valence-electron chi connectivity index (χ4n) is 1.58. The van der Waals surface area contributed by atoms with Crippen LogP contribution in [0, 0.1) is 0 Å². The summed E-state index contributed by atoms with van der Waals surface area (Å²) in [5.41, 5.74) is 0.472. The number of alkyl halides is 1. The molecule has 0 bridgehead atoms. The molecule has 0 spiro atoms. The Morgan fingerprint density at radius 1 is 1.23 bits per heavy atom. The van der Waals surface area contributed by atoms with Crippen LogP contribution in [0.25, 0.3) is 0 Å². The van der Waals surface area contributed by atoms with E-state index in [0.29, 0.717) is 5.69 Å². The summed E-state index contributed by atoms with van der Waals surface area (Å²) in [5, 5.41) is 15.9. The first-order chi connectivity index (χ1) is 10.3. The Kier molecular flexibility index (Phi) is 6.30. The van der Waals surface area contributed by atoms with Crippen LogP contribution in [0.2, 0.25) is 0 Å². The van der Waals surface area contributed by atoms with Crippen LogP contribution in [0.3, 0.4) is 0 Å². The molecule has 0 radical (unpaired) electrons. The molecule has 0 heterocycles. The Labute approximate surface area is 126 Å². The molecule has 8 heteroatoms. The molecule has 0 aromatic heterocycles. The van der Waals surface area contributed by atoms with Gasteiger partial charge in [0.1, 0.15) is 6.67 Å². The van der Waals surface area contributed by atoms with Crippen molar-refractivity contribution in [1.82, 2.24) is 10.6 Å². The minimum atomic E-state index is -1.60. The molecule has 0 aliphatic carbocycles. The van der Waals surface area contributed by atoms with Gasteiger partial charge in [-0.05, 0) is 32.0 Å². The molecule has 120 valence electrons. The van der Waals surface area contributed by atoms with E-state index in [0.717, 1.165) is 0 Å². The summed E-state index contributed by atoms with van der Waals surface area (Å²) in [6.45, 7) is 2.38. The van der Waals surface area contributed by atoms with Gasteiger partial charge < -0.3 is 21.1 Å². The lowest BCUT2D eigenvalue weighted by Gasteiger charge is -2.13. The van der Waals surface area contributed by atoms with Crippen LogP contribution < -0.4 is 16.0 Å². The number of halogens is 1. The molecule has 0 saturated heterocycles. The van der Waals surface area contributed by atoms with Gasteiger partial charge in [0.05, 0.1) is 0 Å². The number of hydrogen-bond donors (Lipinski definition) is 4. The highest BCUT2D eigenvalue weighted by molar-refractivity contribution is 5.98. The second-order valence-corrected chi connectivity index (χ2v) is 4.85. The zero-order valence-corrected chi connectivity index (χ0v) is 12.2. The summed E-state index contributed by atoms with van der Waals surface area (Å²) in [7, 11) is 0. The number of rotatable bonds is 6. The number of anilines is 1. The maximum Gasteiger partial charge on any atom is 0.328 e.